The first-order valence-corrected chi connectivity index (χ1v) is 10.6. The maximum absolute atomic E-state index is 12.9. The molecule has 2 aromatic rings. The van der Waals surface area contributed by atoms with Crippen molar-refractivity contribution in [3.63, 3.8) is 0 Å². The number of amides is 1. The monoisotopic (exact) mass is 371 g/mol. The number of rotatable bonds is 2. The van der Waals surface area contributed by atoms with E-state index < -0.39 is 0 Å². The maximum Gasteiger partial charge on any atom is 0.270 e. The van der Waals surface area contributed by atoms with Crippen LogP contribution in [0.1, 0.15) is 67.4 Å². The van der Waals surface area contributed by atoms with Gasteiger partial charge in [0, 0.05) is 0 Å². The lowest BCUT2D eigenvalue weighted by Gasteiger charge is -2.23. The number of benzene rings is 1. The van der Waals surface area contributed by atoms with Gasteiger partial charge in [-0.3, -0.25) is 19.4 Å². The van der Waals surface area contributed by atoms with E-state index >= 15 is 0 Å². The Balaban J connectivity index is 1.77. The lowest BCUT2D eigenvalue weighted by Crippen LogP contribution is -2.20. The molecule has 4 rings (SSSR count). The Morgan fingerprint density at radius 3 is 2.38 bits per heavy atom. The van der Waals surface area contributed by atoms with Crippen molar-refractivity contribution in [2.24, 2.45) is 0 Å². The molecule has 0 spiro atoms. The van der Waals surface area contributed by atoms with Gasteiger partial charge >= 0.3 is 0 Å². The van der Waals surface area contributed by atoms with Crippen LogP contribution < -0.4 is 10.9 Å². The Labute approximate surface area is 157 Å². The van der Waals surface area contributed by atoms with Gasteiger partial charge in [-0.1, -0.05) is 62.4 Å². The number of hydrogen-bond donors (Lipinski definition) is 2. The fourth-order valence-electron chi connectivity index (χ4n) is 4.10. The largest absolute Gasteiger partial charge is 0.310 e. The summed E-state index contributed by atoms with van der Waals surface area (Å²) in [5, 5.41) is 5.95. The summed E-state index contributed by atoms with van der Waals surface area (Å²) < 4.78 is 1.96. The molecule has 0 bridgehead atoms. The van der Waals surface area contributed by atoms with Crippen LogP contribution in [0.3, 0.4) is 0 Å². The predicted molar refractivity (Wildman–Crippen MR) is 106 cm³/mol. The summed E-state index contributed by atoms with van der Waals surface area (Å²) in [5.74, 6) is 1.01. The Bertz CT molecular complexity index is 819. The third-order valence-corrected chi connectivity index (χ3v) is 6.68. The Morgan fingerprint density at radius 1 is 0.962 bits per heavy atom. The minimum absolute atomic E-state index is 0.0340. The molecule has 1 aliphatic heterocycles. The molecule has 138 valence electrons. The number of nitrogens with one attached hydrogen (secondary N) is 2. The Hall–Kier alpha value is -1.95. The van der Waals surface area contributed by atoms with Crippen molar-refractivity contribution in [2.45, 2.75) is 56.2 Å². The molecule has 2 heterocycles. The van der Waals surface area contributed by atoms with Crippen molar-refractivity contribution in [2.75, 3.05) is 11.1 Å². The summed E-state index contributed by atoms with van der Waals surface area (Å²) in [4.78, 5) is 25.2. The van der Waals surface area contributed by atoms with E-state index in [-0.39, 0.29) is 22.8 Å². The lowest BCUT2D eigenvalue weighted by molar-refractivity contribution is -0.113. The van der Waals surface area contributed by atoms with E-state index in [1.165, 1.54) is 43.9 Å². The van der Waals surface area contributed by atoms with Gasteiger partial charge in [-0.15, -0.1) is 11.8 Å². The molecule has 1 fully saturated rings. The van der Waals surface area contributed by atoms with Gasteiger partial charge in [-0.2, -0.15) is 0 Å². The first-order valence-electron chi connectivity index (χ1n) is 9.55. The van der Waals surface area contributed by atoms with Gasteiger partial charge in [0.05, 0.1) is 22.6 Å². The summed E-state index contributed by atoms with van der Waals surface area (Å²) in [6.07, 6.45) is 8.25. The molecule has 0 radical (unpaired) electrons. The Kier molecular flexibility index (Phi) is 5.20. The van der Waals surface area contributed by atoms with Crippen LogP contribution in [-0.4, -0.2) is 21.4 Å². The van der Waals surface area contributed by atoms with Crippen molar-refractivity contribution in [3.8, 4) is 0 Å². The van der Waals surface area contributed by atoms with Crippen LogP contribution in [-0.2, 0) is 4.79 Å². The van der Waals surface area contributed by atoms with Gasteiger partial charge in [0.1, 0.15) is 5.82 Å². The van der Waals surface area contributed by atoms with E-state index in [0.717, 1.165) is 18.4 Å². The van der Waals surface area contributed by atoms with Crippen molar-refractivity contribution in [1.29, 1.82) is 0 Å². The molecule has 1 amide bonds. The average molecular weight is 372 g/mol. The van der Waals surface area contributed by atoms with Crippen LogP contribution in [0.2, 0.25) is 0 Å². The fraction of sp³-hybridized carbons (Fsp3) is 0.500. The second kappa shape index (κ2) is 7.74. The van der Waals surface area contributed by atoms with Crippen LogP contribution >= 0.6 is 11.8 Å². The van der Waals surface area contributed by atoms with Gasteiger partial charge < -0.3 is 5.32 Å². The number of carbonyl (C=O) groups is 1. The molecule has 1 saturated carbocycles. The number of aromatic nitrogens is 2. The van der Waals surface area contributed by atoms with Gasteiger partial charge in [-0.05, 0) is 18.4 Å². The van der Waals surface area contributed by atoms with Crippen molar-refractivity contribution >= 4 is 23.5 Å². The molecule has 1 aliphatic carbocycles. The zero-order valence-corrected chi connectivity index (χ0v) is 15.7. The molecule has 1 atom stereocenters. The molecule has 2 N–H and O–H groups in total. The zero-order chi connectivity index (χ0) is 17.9. The molecule has 0 unspecified atom stereocenters. The molecular formula is C20H25N3O2S. The SMILES string of the molecule is O=C1CS[C@H](c2ccccc2)c2c(n(C3CCCCCCC3)[nH]c2=O)N1. The highest BCUT2D eigenvalue weighted by Crippen LogP contribution is 2.41. The van der Waals surface area contributed by atoms with Gasteiger partial charge in [0.15, 0.2) is 0 Å². The normalized spacial score (nSPS) is 22.0. The van der Waals surface area contributed by atoms with Crippen LogP contribution in [0.5, 0.6) is 0 Å². The summed E-state index contributed by atoms with van der Waals surface area (Å²) >= 11 is 1.52. The first kappa shape index (κ1) is 17.5. The minimum Gasteiger partial charge on any atom is -0.310 e. The number of carbonyl (C=O) groups excluding carboxylic acids is 1. The van der Waals surface area contributed by atoms with E-state index in [4.69, 9.17) is 0 Å². The topological polar surface area (TPSA) is 66.9 Å². The second-order valence-corrected chi connectivity index (χ2v) is 8.32. The number of nitrogens with zero attached hydrogens (tertiary/aromatic N) is 1. The number of aromatic amines is 1. The van der Waals surface area contributed by atoms with Gasteiger partial charge in [0.2, 0.25) is 5.91 Å². The molecule has 6 heteroatoms. The molecule has 0 saturated heterocycles. The van der Waals surface area contributed by atoms with Crippen LogP contribution in [0.4, 0.5) is 5.82 Å². The molecule has 26 heavy (non-hydrogen) atoms. The van der Waals surface area contributed by atoms with Crippen LogP contribution in [0.15, 0.2) is 35.1 Å². The number of fused-ring (bicyclic) bond motifs is 1. The molecule has 1 aromatic carbocycles. The molecule has 1 aromatic heterocycles. The van der Waals surface area contributed by atoms with Crippen molar-refractivity contribution in [3.05, 3.63) is 51.8 Å². The number of H-pyrrole nitrogens is 1. The lowest BCUT2D eigenvalue weighted by atomic mass is 9.96. The highest BCUT2D eigenvalue weighted by Gasteiger charge is 2.32. The van der Waals surface area contributed by atoms with Crippen molar-refractivity contribution < 1.29 is 4.79 Å². The van der Waals surface area contributed by atoms with E-state index in [2.05, 4.69) is 10.4 Å². The van der Waals surface area contributed by atoms with E-state index in [9.17, 15) is 9.59 Å². The summed E-state index contributed by atoms with van der Waals surface area (Å²) in [7, 11) is 0. The predicted octanol–water partition coefficient (Wildman–Crippen LogP) is 4.24. The number of thioether (sulfide) groups is 1. The fourth-order valence-corrected chi connectivity index (χ4v) is 5.23. The summed E-state index contributed by atoms with van der Waals surface area (Å²) in [6.45, 7) is 0. The minimum atomic E-state index is -0.122. The standard InChI is InChI=1S/C20H25N3O2S/c24-16-13-26-18(14-9-5-4-6-10-14)17-19(21-16)23(22-20(17)25)15-11-7-2-1-3-8-12-15/h4-6,9-10,15,18H,1-3,7-8,11-13H2,(H,21,24)(H,22,25)/t18-/m1/s1. The highest BCUT2D eigenvalue weighted by molar-refractivity contribution is 8.00. The molecule has 5 nitrogen and oxygen atoms in total. The summed E-state index contributed by atoms with van der Waals surface area (Å²) in [6, 6.07) is 10.3. The highest BCUT2D eigenvalue weighted by atomic mass is 32.2. The first-order chi connectivity index (χ1) is 12.7. The van der Waals surface area contributed by atoms with Gasteiger partial charge in [0.25, 0.3) is 5.56 Å². The third kappa shape index (κ3) is 3.47. The third-order valence-electron chi connectivity index (χ3n) is 5.41. The number of anilines is 1. The quantitative estimate of drug-likeness (QED) is 0.830. The Morgan fingerprint density at radius 2 is 1.65 bits per heavy atom. The molecular weight excluding hydrogens is 346 g/mol. The van der Waals surface area contributed by atoms with E-state index in [1.807, 2.05) is 35.0 Å². The van der Waals surface area contributed by atoms with Gasteiger partial charge in [-0.25, -0.2) is 0 Å². The van der Waals surface area contributed by atoms with Crippen LogP contribution in [0, 0.1) is 0 Å². The second-order valence-electron chi connectivity index (χ2n) is 7.22. The number of hydrogen-bond acceptors (Lipinski definition) is 3. The van der Waals surface area contributed by atoms with E-state index in [0.29, 0.717) is 17.1 Å². The van der Waals surface area contributed by atoms with E-state index in [1.54, 1.807) is 0 Å². The van der Waals surface area contributed by atoms with Crippen LogP contribution in [0.25, 0.3) is 0 Å². The molecule has 2 aliphatic rings. The van der Waals surface area contributed by atoms with Crippen molar-refractivity contribution in [1.82, 2.24) is 9.78 Å². The summed E-state index contributed by atoms with van der Waals surface area (Å²) in [5.41, 5.74) is 1.68. The maximum atomic E-state index is 12.9. The zero-order valence-electron chi connectivity index (χ0n) is 14.9. The average Bonchev–Trinajstić information content (AvgIpc) is 2.82. The smallest absolute Gasteiger partial charge is 0.270 e.